The Morgan fingerprint density at radius 3 is 2.30 bits per heavy atom. The fraction of sp³-hybridized carbons (Fsp3) is 0.0909. The zero-order chi connectivity index (χ0) is 21.9. The van der Waals surface area contributed by atoms with Crippen LogP contribution >= 0.6 is 0 Å². The molecule has 30 heavy (non-hydrogen) atoms. The maximum Gasteiger partial charge on any atom is 0.266 e. The summed E-state index contributed by atoms with van der Waals surface area (Å²) in [6.45, 7) is 3.74. The molecule has 0 aliphatic heterocycles. The number of rotatable bonds is 5. The Hall–Kier alpha value is -3.67. The molecule has 1 amide bonds. The number of primary sulfonamides is 1. The van der Waals surface area contributed by atoms with E-state index in [1.54, 1.807) is 36.4 Å². The Balaban J connectivity index is 1.94. The Bertz CT molecular complexity index is 1270. The first kappa shape index (κ1) is 21.0. The monoisotopic (exact) mass is 420 g/mol. The van der Waals surface area contributed by atoms with Crippen molar-refractivity contribution in [3.05, 3.63) is 83.2 Å². The van der Waals surface area contributed by atoms with E-state index in [1.807, 2.05) is 36.6 Å². The summed E-state index contributed by atoms with van der Waals surface area (Å²) in [5, 5.41) is 17.3. The van der Waals surface area contributed by atoms with Gasteiger partial charge in [0.1, 0.15) is 11.6 Å². The van der Waals surface area contributed by atoms with Gasteiger partial charge in [-0.15, -0.1) is 0 Å². The molecule has 3 aromatic rings. The van der Waals surface area contributed by atoms with Crippen molar-refractivity contribution in [3.63, 3.8) is 0 Å². The molecule has 0 unspecified atom stereocenters. The van der Waals surface area contributed by atoms with Gasteiger partial charge in [-0.3, -0.25) is 4.79 Å². The first-order chi connectivity index (χ1) is 14.2. The molecule has 152 valence electrons. The minimum atomic E-state index is -3.77. The van der Waals surface area contributed by atoms with E-state index in [0.29, 0.717) is 11.3 Å². The average molecular weight is 420 g/mol. The number of nitrogens with one attached hydrogen (secondary N) is 1. The van der Waals surface area contributed by atoms with Crippen LogP contribution in [-0.2, 0) is 14.8 Å². The van der Waals surface area contributed by atoms with Crippen molar-refractivity contribution < 1.29 is 13.2 Å². The number of aryl methyl sites for hydroxylation is 1. The topological polar surface area (TPSA) is 118 Å². The van der Waals surface area contributed by atoms with Crippen molar-refractivity contribution in [1.82, 2.24) is 4.57 Å². The highest BCUT2D eigenvalue weighted by Crippen LogP contribution is 2.24. The molecular formula is C22H20N4O3S. The summed E-state index contributed by atoms with van der Waals surface area (Å²) in [5.74, 6) is -0.494. The van der Waals surface area contributed by atoms with Crippen LogP contribution in [0.15, 0.2) is 71.1 Å². The maximum atomic E-state index is 12.5. The largest absolute Gasteiger partial charge is 0.321 e. The lowest BCUT2D eigenvalue weighted by Crippen LogP contribution is -2.13. The molecule has 0 saturated carbocycles. The van der Waals surface area contributed by atoms with E-state index in [2.05, 4.69) is 5.32 Å². The minimum Gasteiger partial charge on any atom is -0.321 e. The zero-order valence-electron chi connectivity index (χ0n) is 16.5. The molecular weight excluding hydrogens is 400 g/mol. The van der Waals surface area contributed by atoms with Gasteiger partial charge in [0.05, 0.1) is 4.90 Å². The lowest BCUT2D eigenvalue weighted by molar-refractivity contribution is -0.112. The highest BCUT2D eigenvalue weighted by atomic mass is 32.2. The number of nitriles is 1. The normalized spacial score (nSPS) is 11.7. The fourth-order valence-corrected chi connectivity index (χ4v) is 3.66. The third-order valence-electron chi connectivity index (χ3n) is 4.59. The fourth-order valence-electron chi connectivity index (χ4n) is 3.14. The van der Waals surface area contributed by atoms with E-state index >= 15 is 0 Å². The summed E-state index contributed by atoms with van der Waals surface area (Å²) in [6, 6.07) is 18.9. The van der Waals surface area contributed by atoms with Crippen molar-refractivity contribution in [2.24, 2.45) is 5.14 Å². The second-order valence-electron chi connectivity index (χ2n) is 6.69. The van der Waals surface area contributed by atoms with Gasteiger partial charge in [-0.2, -0.15) is 5.26 Å². The number of anilines is 1. The first-order valence-corrected chi connectivity index (χ1v) is 10.6. The number of benzene rings is 2. The van der Waals surface area contributed by atoms with Crippen molar-refractivity contribution in [2.75, 3.05) is 5.32 Å². The summed E-state index contributed by atoms with van der Waals surface area (Å²) in [4.78, 5) is 12.5. The quantitative estimate of drug-likeness (QED) is 0.486. The summed E-state index contributed by atoms with van der Waals surface area (Å²) in [7, 11) is -3.77. The number of hydrogen-bond acceptors (Lipinski definition) is 4. The van der Waals surface area contributed by atoms with Gasteiger partial charge in [-0.1, -0.05) is 18.2 Å². The zero-order valence-corrected chi connectivity index (χ0v) is 17.3. The number of carbonyl (C=O) groups is 1. The molecule has 3 rings (SSSR count). The van der Waals surface area contributed by atoms with Gasteiger partial charge in [0.15, 0.2) is 0 Å². The molecule has 8 heteroatoms. The SMILES string of the molecule is Cc1cc(/C=C(/C#N)C(=O)Nc2ccccc2)c(C)n1-c1ccc(S(N)(=O)=O)cc1. The highest BCUT2D eigenvalue weighted by molar-refractivity contribution is 7.89. The van der Waals surface area contributed by atoms with Gasteiger partial charge in [-0.25, -0.2) is 13.6 Å². The lowest BCUT2D eigenvalue weighted by atomic mass is 10.1. The predicted octanol–water partition coefficient (Wildman–Crippen LogP) is 3.29. The number of sulfonamides is 1. The molecule has 0 atom stereocenters. The molecule has 0 bridgehead atoms. The molecule has 3 N–H and O–H groups in total. The number of nitrogens with two attached hydrogens (primary N) is 1. The Morgan fingerprint density at radius 2 is 1.73 bits per heavy atom. The lowest BCUT2D eigenvalue weighted by Gasteiger charge is -2.10. The Labute approximate surface area is 175 Å². The molecule has 1 aromatic heterocycles. The van der Waals surface area contributed by atoms with Crippen LogP contribution in [0.2, 0.25) is 0 Å². The second kappa shape index (κ2) is 8.37. The number of para-hydroxylation sites is 1. The van der Waals surface area contributed by atoms with Gasteiger partial charge in [0.25, 0.3) is 5.91 Å². The molecule has 2 aromatic carbocycles. The molecule has 0 fully saturated rings. The van der Waals surface area contributed by atoms with E-state index in [4.69, 9.17) is 5.14 Å². The summed E-state index contributed by atoms with van der Waals surface area (Å²) in [6.07, 6.45) is 1.54. The molecule has 0 aliphatic rings. The smallest absolute Gasteiger partial charge is 0.266 e. The van der Waals surface area contributed by atoms with Gasteiger partial charge in [0, 0.05) is 22.8 Å². The van der Waals surface area contributed by atoms with E-state index in [1.165, 1.54) is 18.2 Å². The van der Waals surface area contributed by atoms with Gasteiger partial charge in [0.2, 0.25) is 10.0 Å². The van der Waals surface area contributed by atoms with E-state index in [9.17, 15) is 18.5 Å². The number of aromatic nitrogens is 1. The average Bonchev–Trinajstić information content (AvgIpc) is 2.99. The maximum absolute atomic E-state index is 12.5. The van der Waals surface area contributed by atoms with E-state index in [0.717, 1.165) is 17.1 Å². The van der Waals surface area contributed by atoms with Crippen molar-refractivity contribution in [3.8, 4) is 11.8 Å². The molecule has 7 nitrogen and oxygen atoms in total. The Morgan fingerprint density at radius 1 is 1.10 bits per heavy atom. The number of amides is 1. The van der Waals surface area contributed by atoms with Crippen LogP contribution in [0.25, 0.3) is 11.8 Å². The first-order valence-electron chi connectivity index (χ1n) is 9.01. The third kappa shape index (κ3) is 4.49. The van der Waals surface area contributed by atoms with Crippen molar-refractivity contribution >= 4 is 27.7 Å². The molecule has 1 heterocycles. The molecule has 0 aliphatic carbocycles. The van der Waals surface area contributed by atoms with Crippen LogP contribution in [0, 0.1) is 25.2 Å². The summed E-state index contributed by atoms with van der Waals surface area (Å²) in [5.41, 5.74) is 3.69. The highest BCUT2D eigenvalue weighted by Gasteiger charge is 2.15. The van der Waals surface area contributed by atoms with Gasteiger partial charge in [-0.05, 0) is 68.0 Å². The van der Waals surface area contributed by atoms with E-state index in [-0.39, 0.29) is 10.5 Å². The van der Waals surface area contributed by atoms with Crippen LogP contribution in [0.5, 0.6) is 0 Å². The molecule has 0 spiro atoms. The minimum absolute atomic E-state index is 0.0244. The van der Waals surface area contributed by atoms with Crippen molar-refractivity contribution in [2.45, 2.75) is 18.7 Å². The second-order valence-corrected chi connectivity index (χ2v) is 8.25. The van der Waals surface area contributed by atoms with Crippen LogP contribution in [0.4, 0.5) is 5.69 Å². The van der Waals surface area contributed by atoms with E-state index < -0.39 is 15.9 Å². The van der Waals surface area contributed by atoms with Crippen LogP contribution in [-0.4, -0.2) is 18.9 Å². The molecule has 0 radical (unpaired) electrons. The third-order valence-corrected chi connectivity index (χ3v) is 5.52. The number of carbonyl (C=O) groups excluding carboxylic acids is 1. The molecule has 0 saturated heterocycles. The van der Waals surface area contributed by atoms with Crippen LogP contribution in [0.3, 0.4) is 0 Å². The van der Waals surface area contributed by atoms with Gasteiger partial charge < -0.3 is 9.88 Å². The summed E-state index contributed by atoms with van der Waals surface area (Å²) < 4.78 is 24.8. The Kier molecular flexibility index (Phi) is 5.87. The standard InChI is InChI=1S/C22H20N4O3S/c1-15-12-17(13-18(14-23)22(27)25-19-6-4-3-5-7-19)16(2)26(15)20-8-10-21(11-9-20)30(24,28)29/h3-13H,1-2H3,(H,25,27)(H2,24,28,29)/b18-13-. The van der Waals surface area contributed by atoms with Crippen molar-refractivity contribution in [1.29, 1.82) is 5.26 Å². The van der Waals surface area contributed by atoms with Crippen LogP contribution in [0.1, 0.15) is 17.0 Å². The van der Waals surface area contributed by atoms with Gasteiger partial charge >= 0.3 is 0 Å². The van der Waals surface area contributed by atoms with Crippen LogP contribution < -0.4 is 10.5 Å². The predicted molar refractivity (Wildman–Crippen MR) is 115 cm³/mol. The number of hydrogen-bond donors (Lipinski definition) is 2. The summed E-state index contributed by atoms with van der Waals surface area (Å²) >= 11 is 0. The number of nitrogens with zero attached hydrogens (tertiary/aromatic N) is 2.